The van der Waals surface area contributed by atoms with Gasteiger partial charge in [-0.25, -0.2) is 0 Å². The number of likely N-dealkylation sites (N-methyl/N-ethyl adjacent to an activating group) is 1. The maximum atomic E-state index is 13.5. The zero-order valence-corrected chi connectivity index (χ0v) is 49.4. The second-order valence-corrected chi connectivity index (χ2v) is 22.7. The number of carbonyl (C=O) groups excluding carboxylic acids is 2. The summed E-state index contributed by atoms with van der Waals surface area (Å²) >= 11 is 0. The fraction of sp³-hybridized carbons (Fsp3) is 0.719. The van der Waals surface area contributed by atoms with Crippen molar-refractivity contribution in [3.63, 3.8) is 0 Å². The molecule has 0 aliphatic heterocycles. The molecular formula is C64H113N2O7P. The van der Waals surface area contributed by atoms with Gasteiger partial charge in [0.15, 0.2) is 0 Å². The highest BCUT2D eigenvalue weighted by molar-refractivity contribution is 7.45. The number of quaternary nitrogens is 1. The first-order valence-electron chi connectivity index (χ1n) is 30.1. The lowest BCUT2D eigenvalue weighted by Crippen LogP contribution is -2.47. The van der Waals surface area contributed by atoms with E-state index in [1.54, 1.807) is 0 Å². The number of esters is 1. The van der Waals surface area contributed by atoms with Gasteiger partial charge in [-0.3, -0.25) is 14.2 Å². The molecule has 3 unspecified atom stereocenters. The fourth-order valence-corrected chi connectivity index (χ4v) is 8.98. The van der Waals surface area contributed by atoms with Crippen LogP contribution < -0.4 is 10.2 Å². The number of rotatable bonds is 53. The number of carbonyl (C=O) groups is 2. The number of nitrogens with one attached hydrogen (secondary N) is 1. The molecule has 0 aromatic heterocycles. The Hall–Kier alpha value is -3.07. The summed E-state index contributed by atoms with van der Waals surface area (Å²) in [5.74, 6) is -0.597. The van der Waals surface area contributed by atoms with E-state index in [0.717, 1.165) is 70.6 Å². The van der Waals surface area contributed by atoms with Gasteiger partial charge >= 0.3 is 5.97 Å². The number of nitrogens with zero attached hydrogens (tertiary/aromatic N) is 1. The van der Waals surface area contributed by atoms with Gasteiger partial charge in [0.05, 0.1) is 33.8 Å². The van der Waals surface area contributed by atoms with Crippen molar-refractivity contribution in [2.75, 3.05) is 40.9 Å². The predicted molar refractivity (Wildman–Crippen MR) is 316 cm³/mol. The van der Waals surface area contributed by atoms with Crippen LogP contribution in [0.2, 0.25) is 0 Å². The van der Waals surface area contributed by atoms with Crippen LogP contribution in [0.1, 0.15) is 245 Å². The van der Waals surface area contributed by atoms with E-state index in [1.165, 1.54) is 135 Å². The van der Waals surface area contributed by atoms with Crippen molar-refractivity contribution >= 4 is 19.7 Å². The van der Waals surface area contributed by atoms with Crippen LogP contribution >= 0.6 is 7.82 Å². The van der Waals surface area contributed by atoms with Crippen LogP contribution in [-0.4, -0.2) is 69.4 Å². The van der Waals surface area contributed by atoms with E-state index in [2.05, 4.69) is 50.4 Å². The van der Waals surface area contributed by atoms with E-state index in [4.69, 9.17) is 13.8 Å². The predicted octanol–water partition coefficient (Wildman–Crippen LogP) is 17.8. The zero-order chi connectivity index (χ0) is 54.3. The van der Waals surface area contributed by atoms with Gasteiger partial charge in [-0.1, -0.05) is 253 Å². The Balaban J connectivity index is 5.37. The van der Waals surface area contributed by atoms with E-state index in [-0.39, 0.29) is 24.9 Å². The standard InChI is InChI=1S/C64H113N2O7P/c1-7-10-13-16-19-22-25-28-30-32-33-35-36-38-41-44-47-50-53-56-63(67)65-61(60-72-74(69,70)71-59-58-66(4,5)6)62(55-52-49-46-43-40-27-24-21-18-15-12-9-3)73-64(68)57-54-51-48-45-42-39-37-34-31-29-26-23-20-17-14-11-8-2/h11,14,17,20,23,26,28-31,34,37,39,42,52,55,61-62H,7-10,12-13,15-16,18-19,21-22,24-25,27,32-33,35-36,38,40-41,43-51,53-54,56-60H2,1-6H3,(H-,65,67,69,70)/b14-11-,20-17+,26-23+,30-28+,31-29-,37-34+,42-39+,55-52+. The van der Waals surface area contributed by atoms with Gasteiger partial charge in [-0.05, 0) is 76.7 Å². The average molecular weight is 1050 g/mol. The number of allylic oxidation sites excluding steroid dienone is 15. The summed E-state index contributed by atoms with van der Waals surface area (Å²) in [5, 5.41) is 3.01. The van der Waals surface area contributed by atoms with Crippen LogP contribution in [0.3, 0.4) is 0 Å². The number of hydrogen-bond acceptors (Lipinski definition) is 7. The van der Waals surface area contributed by atoms with Crippen LogP contribution in [0.4, 0.5) is 0 Å². The van der Waals surface area contributed by atoms with E-state index < -0.39 is 26.6 Å². The molecule has 0 aromatic carbocycles. The monoisotopic (exact) mass is 1050 g/mol. The van der Waals surface area contributed by atoms with Crippen molar-refractivity contribution in [1.82, 2.24) is 5.32 Å². The molecule has 0 spiro atoms. The summed E-state index contributed by atoms with van der Waals surface area (Å²) in [7, 11) is 1.15. The van der Waals surface area contributed by atoms with Crippen LogP contribution in [0.5, 0.6) is 0 Å². The fourth-order valence-electron chi connectivity index (χ4n) is 8.25. The van der Waals surface area contributed by atoms with Gasteiger partial charge in [0.1, 0.15) is 19.3 Å². The molecule has 10 heteroatoms. The summed E-state index contributed by atoms with van der Waals surface area (Å²) in [5.41, 5.74) is 0. The van der Waals surface area contributed by atoms with E-state index >= 15 is 0 Å². The molecule has 0 bridgehead atoms. The largest absolute Gasteiger partial charge is 0.756 e. The summed E-state index contributed by atoms with van der Waals surface area (Å²) in [6.45, 7) is 6.65. The van der Waals surface area contributed by atoms with Gasteiger partial charge in [0.2, 0.25) is 5.91 Å². The van der Waals surface area contributed by atoms with Crippen LogP contribution in [0, 0.1) is 0 Å². The minimum absolute atomic E-state index is 0.0346. The Kier molecular flexibility index (Phi) is 51.1. The van der Waals surface area contributed by atoms with Crippen molar-refractivity contribution in [2.24, 2.45) is 0 Å². The van der Waals surface area contributed by atoms with E-state index in [1.807, 2.05) is 94.1 Å². The highest BCUT2D eigenvalue weighted by Gasteiger charge is 2.27. The number of unbranched alkanes of at least 4 members (excludes halogenated alkanes) is 28. The van der Waals surface area contributed by atoms with Gasteiger partial charge in [-0.15, -0.1) is 0 Å². The molecule has 1 amide bonds. The second-order valence-electron chi connectivity index (χ2n) is 21.3. The molecule has 0 heterocycles. The topological polar surface area (TPSA) is 114 Å². The molecule has 0 radical (unpaired) electrons. The maximum absolute atomic E-state index is 13.5. The lowest BCUT2D eigenvalue weighted by atomic mass is 10.0. The molecule has 1 N–H and O–H groups in total. The van der Waals surface area contributed by atoms with Crippen LogP contribution in [0.25, 0.3) is 0 Å². The first kappa shape index (κ1) is 70.9. The van der Waals surface area contributed by atoms with Crippen LogP contribution in [-0.2, 0) is 27.9 Å². The van der Waals surface area contributed by atoms with E-state index in [0.29, 0.717) is 23.9 Å². The van der Waals surface area contributed by atoms with Gasteiger partial charge in [-0.2, -0.15) is 0 Å². The smallest absolute Gasteiger partial charge is 0.306 e. The summed E-state index contributed by atoms with van der Waals surface area (Å²) in [4.78, 5) is 39.9. The molecule has 0 rings (SSSR count). The number of hydrogen-bond donors (Lipinski definition) is 1. The molecule has 0 fully saturated rings. The third-order valence-electron chi connectivity index (χ3n) is 12.9. The van der Waals surface area contributed by atoms with Gasteiger partial charge in [0, 0.05) is 12.8 Å². The minimum atomic E-state index is -4.71. The van der Waals surface area contributed by atoms with Crippen molar-refractivity contribution in [2.45, 2.75) is 258 Å². The van der Waals surface area contributed by atoms with Crippen molar-refractivity contribution in [3.05, 3.63) is 97.2 Å². The number of ether oxygens (including phenoxy) is 1. The van der Waals surface area contributed by atoms with Gasteiger partial charge < -0.3 is 28.5 Å². The maximum Gasteiger partial charge on any atom is 0.306 e. The van der Waals surface area contributed by atoms with Crippen LogP contribution in [0.15, 0.2) is 97.2 Å². The Labute approximate surface area is 456 Å². The molecule has 0 aromatic rings. The Morgan fingerprint density at radius 1 is 0.486 bits per heavy atom. The number of phosphoric ester groups is 1. The quantitative estimate of drug-likeness (QED) is 0.0161. The van der Waals surface area contributed by atoms with Crippen molar-refractivity contribution < 1.29 is 37.3 Å². The second kappa shape index (κ2) is 53.3. The lowest BCUT2D eigenvalue weighted by molar-refractivity contribution is -0.870. The summed E-state index contributed by atoms with van der Waals surface area (Å²) < 4.78 is 30.2. The number of phosphoric acid groups is 1. The van der Waals surface area contributed by atoms with Crippen molar-refractivity contribution in [3.8, 4) is 0 Å². The molecule has 0 saturated carbocycles. The molecule has 0 saturated heterocycles. The molecule has 74 heavy (non-hydrogen) atoms. The molecule has 426 valence electrons. The van der Waals surface area contributed by atoms with E-state index in [9.17, 15) is 19.0 Å². The summed E-state index contributed by atoms with van der Waals surface area (Å²) in [6.07, 6.45) is 70.8. The third kappa shape index (κ3) is 53.7. The highest BCUT2D eigenvalue weighted by atomic mass is 31.2. The summed E-state index contributed by atoms with van der Waals surface area (Å²) in [6, 6.07) is -0.913. The Morgan fingerprint density at radius 2 is 0.878 bits per heavy atom. The first-order chi connectivity index (χ1) is 35.9. The minimum Gasteiger partial charge on any atom is -0.756 e. The normalized spacial score (nSPS) is 14.4. The average Bonchev–Trinajstić information content (AvgIpc) is 3.36. The first-order valence-corrected chi connectivity index (χ1v) is 31.6. The van der Waals surface area contributed by atoms with Gasteiger partial charge in [0.25, 0.3) is 7.82 Å². The molecule has 3 atom stereocenters. The third-order valence-corrected chi connectivity index (χ3v) is 13.9. The molecule has 9 nitrogen and oxygen atoms in total. The zero-order valence-electron chi connectivity index (χ0n) is 48.5. The SMILES string of the molecule is CC\C=C/C=C/C=C/C=C\C=C\C=C\CCCCCC(=O)OC(/C=C/CCCCCCCCCCCC)C(COP(=O)([O-])OCC[N+](C)(C)C)NC(=O)CCCCCCCCCCC/C=C/CCCCCCCC. The Morgan fingerprint density at radius 3 is 1.35 bits per heavy atom. The Bertz CT molecular complexity index is 1590. The van der Waals surface area contributed by atoms with Crippen molar-refractivity contribution in [1.29, 1.82) is 0 Å². The molecule has 0 aliphatic carbocycles. The number of amides is 1. The highest BCUT2D eigenvalue weighted by Crippen LogP contribution is 2.38. The molecule has 0 aliphatic rings. The lowest BCUT2D eigenvalue weighted by Gasteiger charge is -2.30. The molecular weight excluding hydrogens is 940 g/mol.